The average Bonchev–Trinajstić information content (AvgIpc) is 1.84. The average molecular weight is 177 g/mol. The molecular weight excluding hydrogens is 153 g/mol. The first-order valence-corrected chi connectivity index (χ1v) is 4.65. The van der Waals surface area contributed by atoms with Crippen LogP contribution in [0.2, 0.25) is 0 Å². The van der Waals surface area contributed by atoms with Crippen molar-refractivity contribution in [2.45, 2.75) is 39.8 Å². The van der Waals surface area contributed by atoms with E-state index < -0.39 is 6.17 Å². The zero-order chi connectivity index (χ0) is 10.1. The maximum Gasteiger partial charge on any atom is 0.100 e. The first-order valence-electron chi connectivity index (χ1n) is 4.65. The molecule has 0 radical (unpaired) electrons. The minimum absolute atomic E-state index is 0.505. The van der Waals surface area contributed by atoms with E-state index in [-0.39, 0.29) is 0 Å². The monoisotopic (exact) mass is 177 g/mol. The molecule has 0 N–H and O–H groups in total. The Labute approximate surface area is 77.0 Å². The molecule has 0 saturated carbocycles. The van der Waals surface area contributed by atoms with Crippen LogP contribution >= 0.6 is 0 Å². The van der Waals surface area contributed by atoms with Crippen molar-refractivity contribution >= 4 is 0 Å². The van der Waals surface area contributed by atoms with E-state index in [0.717, 1.165) is 6.42 Å². The molecule has 0 amide bonds. The van der Waals surface area contributed by atoms with Crippen LogP contribution in [0, 0.1) is 5.92 Å². The maximum atomic E-state index is 12.4. The lowest BCUT2D eigenvalue weighted by Crippen LogP contribution is -2.01. The summed E-state index contributed by atoms with van der Waals surface area (Å²) in [5, 5.41) is 0. The van der Waals surface area contributed by atoms with Crippen LogP contribution in [0.1, 0.15) is 33.6 Å². The number of hydrogen-bond acceptors (Lipinski definition) is 1. The molecule has 0 rings (SSSR count). The molecule has 0 fully saturated rings. The molecule has 1 unspecified atom stereocenters. The second kappa shape index (κ2) is 8.98. The van der Waals surface area contributed by atoms with E-state index >= 15 is 0 Å². The molecule has 1 nitrogen and oxygen atoms in total. The molecule has 1 atom stereocenters. The lowest BCUT2D eigenvalue weighted by atomic mass is 10.1. The molecule has 0 aliphatic rings. The third-order valence-corrected chi connectivity index (χ3v) is 1.17. The standard InChI is InChI=1S/C7H15F.C3H9N/c1-4-7(8)5-6(2)3;1-4(2)3/h6-7H,4-5H2,1-3H3;1-3H3. The molecule has 12 heavy (non-hydrogen) atoms. The van der Waals surface area contributed by atoms with Crippen molar-refractivity contribution in [3.63, 3.8) is 0 Å². The van der Waals surface area contributed by atoms with Gasteiger partial charge in [0.1, 0.15) is 6.17 Å². The lowest BCUT2D eigenvalue weighted by molar-refractivity contribution is 0.275. The number of hydrogen-bond donors (Lipinski definition) is 0. The van der Waals surface area contributed by atoms with Crippen molar-refractivity contribution in [2.75, 3.05) is 21.1 Å². The third-order valence-electron chi connectivity index (χ3n) is 1.17. The summed E-state index contributed by atoms with van der Waals surface area (Å²) in [6, 6.07) is 0. The van der Waals surface area contributed by atoms with Gasteiger partial charge in [-0.2, -0.15) is 0 Å². The number of halogens is 1. The van der Waals surface area contributed by atoms with Gasteiger partial charge in [-0.05, 0) is 39.9 Å². The maximum absolute atomic E-state index is 12.4. The predicted octanol–water partition coefficient (Wildman–Crippen LogP) is 2.96. The molecule has 2 heteroatoms. The van der Waals surface area contributed by atoms with E-state index in [2.05, 4.69) is 0 Å². The topological polar surface area (TPSA) is 3.24 Å². The lowest BCUT2D eigenvalue weighted by Gasteiger charge is -2.06. The highest BCUT2D eigenvalue weighted by atomic mass is 19.1. The Morgan fingerprint density at radius 2 is 1.50 bits per heavy atom. The van der Waals surface area contributed by atoms with Gasteiger partial charge >= 0.3 is 0 Å². The smallest absolute Gasteiger partial charge is 0.100 e. The number of rotatable bonds is 3. The van der Waals surface area contributed by atoms with Gasteiger partial charge in [0.05, 0.1) is 0 Å². The SMILES string of the molecule is CCC(F)CC(C)C.CN(C)C. The van der Waals surface area contributed by atoms with Gasteiger partial charge in [0.25, 0.3) is 0 Å². The van der Waals surface area contributed by atoms with E-state index in [1.807, 2.05) is 46.8 Å². The predicted molar refractivity (Wildman–Crippen MR) is 54.3 cm³/mol. The van der Waals surface area contributed by atoms with Crippen molar-refractivity contribution in [3.05, 3.63) is 0 Å². The molecule has 0 bridgehead atoms. The molecule has 0 aromatic heterocycles. The van der Waals surface area contributed by atoms with Crippen LogP contribution in [0.15, 0.2) is 0 Å². The molecule has 76 valence electrons. The van der Waals surface area contributed by atoms with Crippen molar-refractivity contribution in [2.24, 2.45) is 5.92 Å². The van der Waals surface area contributed by atoms with Gasteiger partial charge in [0, 0.05) is 0 Å². The molecule has 0 aromatic rings. The van der Waals surface area contributed by atoms with Crippen molar-refractivity contribution in [1.29, 1.82) is 0 Å². The highest BCUT2D eigenvalue weighted by Crippen LogP contribution is 2.09. The normalized spacial score (nSPS) is 12.8. The van der Waals surface area contributed by atoms with Crippen LogP contribution in [-0.4, -0.2) is 32.2 Å². The Balaban J connectivity index is 0. The van der Waals surface area contributed by atoms with Crippen LogP contribution in [0.4, 0.5) is 4.39 Å². The highest BCUT2D eigenvalue weighted by molar-refractivity contribution is 4.54. The third kappa shape index (κ3) is 22.5. The van der Waals surface area contributed by atoms with Gasteiger partial charge < -0.3 is 4.90 Å². The van der Waals surface area contributed by atoms with E-state index in [0.29, 0.717) is 12.3 Å². The number of alkyl halides is 1. The fourth-order valence-corrected chi connectivity index (χ4v) is 0.678. The van der Waals surface area contributed by atoms with Crippen molar-refractivity contribution in [3.8, 4) is 0 Å². The van der Waals surface area contributed by atoms with Crippen molar-refractivity contribution < 1.29 is 4.39 Å². The highest BCUT2D eigenvalue weighted by Gasteiger charge is 2.04. The molecule has 0 saturated heterocycles. The minimum Gasteiger partial charge on any atom is -0.312 e. The molecular formula is C10H24FN. The summed E-state index contributed by atoms with van der Waals surface area (Å²) in [7, 11) is 6.00. The van der Waals surface area contributed by atoms with Crippen LogP contribution in [0.3, 0.4) is 0 Å². The van der Waals surface area contributed by atoms with Gasteiger partial charge in [-0.3, -0.25) is 0 Å². The van der Waals surface area contributed by atoms with Crippen LogP contribution in [0.25, 0.3) is 0 Å². The second-order valence-electron chi connectivity index (χ2n) is 3.98. The molecule has 0 aromatic carbocycles. The van der Waals surface area contributed by atoms with Crippen LogP contribution in [-0.2, 0) is 0 Å². The number of nitrogens with zero attached hydrogens (tertiary/aromatic N) is 1. The molecule has 0 aliphatic carbocycles. The first-order chi connectivity index (χ1) is 5.40. The van der Waals surface area contributed by atoms with E-state index in [1.165, 1.54) is 0 Å². The zero-order valence-electron chi connectivity index (χ0n) is 9.39. The fraction of sp³-hybridized carbons (Fsp3) is 1.00. The Hall–Kier alpha value is -0.110. The van der Waals surface area contributed by atoms with Gasteiger partial charge in [0.15, 0.2) is 0 Å². The Morgan fingerprint density at radius 1 is 1.17 bits per heavy atom. The molecule has 0 spiro atoms. The molecule has 0 heterocycles. The fourth-order valence-electron chi connectivity index (χ4n) is 0.678. The Bertz CT molecular complexity index is 79.2. The zero-order valence-corrected chi connectivity index (χ0v) is 9.39. The Kier molecular flexibility index (Phi) is 10.8. The Morgan fingerprint density at radius 3 is 1.58 bits per heavy atom. The minimum atomic E-state index is -0.574. The largest absolute Gasteiger partial charge is 0.312 e. The summed E-state index contributed by atoms with van der Waals surface area (Å²) in [4.78, 5) is 2.00. The summed E-state index contributed by atoms with van der Waals surface area (Å²) in [6.45, 7) is 5.97. The van der Waals surface area contributed by atoms with Gasteiger partial charge in [-0.15, -0.1) is 0 Å². The summed E-state index contributed by atoms with van der Waals surface area (Å²) in [6.07, 6.45) is 0.810. The second-order valence-corrected chi connectivity index (χ2v) is 3.98. The quantitative estimate of drug-likeness (QED) is 0.640. The van der Waals surface area contributed by atoms with E-state index in [1.54, 1.807) is 0 Å². The van der Waals surface area contributed by atoms with Crippen LogP contribution < -0.4 is 0 Å². The summed E-state index contributed by atoms with van der Waals surface area (Å²) < 4.78 is 12.4. The van der Waals surface area contributed by atoms with Gasteiger partial charge in [0.2, 0.25) is 0 Å². The molecule has 0 aliphatic heterocycles. The van der Waals surface area contributed by atoms with E-state index in [9.17, 15) is 4.39 Å². The first kappa shape index (κ1) is 14.4. The van der Waals surface area contributed by atoms with Gasteiger partial charge in [-0.25, -0.2) is 4.39 Å². The van der Waals surface area contributed by atoms with E-state index in [4.69, 9.17) is 0 Å². The van der Waals surface area contributed by atoms with Crippen molar-refractivity contribution in [1.82, 2.24) is 4.90 Å². The summed E-state index contributed by atoms with van der Waals surface area (Å²) >= 11 is 0. The summed E-state index contributed by atoms with van der Waals surface area (Å²) in [5.74, 6) is 0.505. The van der Waals surface area contributed by atoms with Crippen LogP contribution in [0.5, 0.6) is 0 Å². The van der Waals surface area contributed by atoms with Gasteiger partial charge in [-0.1, -0.05) is 20.8 Å². The summed E-state index contributed by atoms with van der Waals surface area (Å²) in [5.41, 5.74) is 0.